The summed E-state index contributed by atoms with van der Waals surface area (Å²) in [5.74, 6) is -3.50. The quantitative estimate of drug-likeness (QED) is 0.0228. The van der Waals surface area contributed by atoms with Crippen LogP contribution in [0.4, 0.5) is 0 Å². The van der Waals surface area contributed by atoms with Gasteiger partial charge in [-0.3, -0.25) is 14.4 Å². The molecular formula is C65H96O12. The third kappa shape index (κ3) is 41.2. The topological polar surface area (TPSA) is 175 Å². The van der Waals surface area contributed by atoms with Crippen molar-refractivity contribution in [2.45, 2.75) is 212 Å². The predicted octanol–water partition coefficient (Wildman–Crippen LogP) is 14.6. The molecule has 1 aliphatic heterocycles. The summed E-state index contributed by atoms with van der Waals surface area (Å²) in [5, 5.41) is 31.5. The van der Waals surface area contributed by atoms with E-state index in [1.807, 2.05) is 36.5 Å². The summed E-state index contributed by atoms with van der Waals surface area (Å²) in [4.78, 5) is 51.0. The first-order chi connectivity index (χ1) is 37.6. The summed E-state index contributed by atoms with van der Waals surface area (Å²) < 4.78 is 28.1. The molecule has 0 radical (unpaired) electrons. The molecule has 0 aromatic heterocycles. The molecule has 0 aliphatic carbocycles. The van der Waals surface area contributed by atoms with Crippen molar-refractivity contribution in [3.63, 3.8) is 0 Å². The Morgan fingerprint density at radius 1 is 0.442 bits per heavy atom. The van der Waals surface area contributed by atoms with E-state index in [9.17, 15) is 34.5 Å². The lowest BCUT2D eigenvalue weighted by molar-refractivity contribution is -0.301. The first-order valence-corrected chi connectivity index (χ1v) is 28.5. The maximum absolute atomic E-state index is 13.1. The Balaban J connectivity index is 2.82. The zero-order chi connectivity index (χ0) is 56.1. The Labute approximate surface area is 463 Å². The van der Waals surface area contributed by atoms with Gasteiger partial charge in [-0.05, 0) is 103 Å². The zero-order valence-electron chi connectivity index (χ0n) is 46.9. The number of aliphatic hydroxyl groups excluding tert-OH is 2. The molecule has 1 heterocycles. The number of aliphatic carboxylic acids is 1. The van der Waals surface area contributed by atoms with E-state index < -0.39 is 73.9 Å². The molecule has 6 unspecified atom stereocenters. The molecule has 12 nitrogen and oxygen atoms in total. The minimum Gasteiger partial charge on any atom is -0.479 e. The smallest absolute Gasteiger partial charge is 0.335 e. The lowest BCUT2D eigenvalue weighted by Crippen LogP contribution is -2.61. The van der Waals surface area contributed by atoms with Crippen molar-refractivity contribution >= 4 is 23.9 Å². The average molecular weight is 1070 g/mol. The maximum Gasteiger partial charge on any atom is 0.335 e. The van der Waals surface area contributed by atoms with E-state index in [4.69, 9.17) is 23.7 Å². The van der Waals surface area contributed by atoms with Crippen LogP contribution in [0.3, 0.4) is 0 Å². The molecule has 0 bridgehead atoms. The van der Waals surface area contributed by atoms with E-state index in [0.29, 0.717) is 19.3 Å². The summed E-state index contributed by atoms with van der Waals surface area (Å²) in [6.45, 7) is 5.45. The van der Waals surface area contributed by atoms with E-state index >= 15 is 0 Å². The second-order valence-corrected chi connectivity index (χ2v) is 18.5. The van der Waals surface area contributed by atoms with Crippen LogP contribution < -0.4 is 0 Å². The second kappa shape index (κ2) is 51.1. The van der Waals surface area contributed by atoms with Crippen LogP contribution in [0.2, 0.25) is 0 Å². The highest BCUT2D eigenvalue weighted by Gasteiger charge is 2.50. The Hall–Kier alpha value is -5.66. The van der Waals surface area contributed by atoms with E-state index in [1.54, 1.807) is 12.2 Å². The van der Waals surface area contributed by atoms with Crippen LogP contribution in [0.5, 0.6) is 0 Å². The number of esters is 3. The minimum atomic E-state index is -1.94. The number of carboxylic acids is 1. The summed E-state index contributed by atoms with van der Waals surface area (Å²) >= 11 is 0. The number of hydrogen-bond donors (Lipinski definition) is 3. The van der Waals surface area contributed by atoms with Crippen molar-refractivity contribution in [3.8, 4) is 0 Å². The lowest BCUT2D eigenvalue weighted by Gasteiger charge is -2.40. The molecule has 0 spiro atoms. The van der Waals surface area contributed by atoms with E-state index in [-0.39, 0.29) is 19.3 Å². The number of rotatable bonds is 45. The standard InChI is InChI=1S/C65H96O12/c1-4-7-10-13-16-19-22-25-28-29-32-35-38-41-44-47-50-53-59(68)76-63-61(70)60(69)62(64(71)72)77-65(63)74-55-56(75-58(67)52-49-46-43-40-37-34-31-27-24-21-18-15-12-9-6-3)54-73-57(66)51-48-45-42-39-36-33-30-26-23-20-17-14-11-8-5-2/h7-12,16-21,25-28,30-31,36-37,39-40,45-46,48-49,56,60-63,65,69-70H,4-6,13-15,22-24,29,32-35,38,41-44,47,50-55H2,1-3H3,(H,71,72)/b10-7-,11-8-,12-9-,19-16-,20-17-,21-18-,28-25-,30-26-,31-27-,39-36-,40-37-,48-45-,49-46-. The maximum atomic E-state index is 13.1. The molecule has 0 aromatic carbocycles. The van der Waals surface area contributed by atoms with Gasteiger partial charge in [0, 0.05) is 6.42 Å². The molecular weight excluding hydrogens is 973 g/mol. The van der Waals surface area contributed by atoms with Crippen molar-refractivity contribution in [2.75, 3.05) is 13.2 Å². The van der Waals surface area contributed by atoms with Crippen LogP contribution in [0.15, 0.2) is 158 Å². The SMILES string of the molecule is CC/C=C\C/C=C\C/C=C\C/C=C\C/C=C\CC(=O)OCC(COC1OC(C(=O)O)C(O)C(O)C1OC(=O)CCCCCCCCC/C=C\C/C=C\C/C=C\CC)OC(=O)C/C=C\C/C=C\C/C=C\C/C=C\C/C=C\CC. The normalized spacial score (nSPS) is 19.2. The second-order valence-electron chi connectivity index (χ2n) is 18.5. The van der Waals surface area contributed by atoms with Crippen molar-refractivity contribution in [1.82, 2.24) is 0 Å². The number of carboxylic acid groups (broad SMARTS) is 1. The van der Waals surface area contributed by atoms with Gasteiger partial charge in [0.05, 0.1) is 19.4 Å². The van der Waals surface area contributed by atoms with E-state index in [0.717, 1.165) is 116 Å². The zero-order valence-corrected chi connectivity index (χ0v) is 46.9. The molecule has 1 saturated heterocycles. The number of allylic oxidation sites excluding steroid dienone is 24. The van der Waals surface area contributed by atoms with Crippen LogP contribution in [-0.4, -0.2) is 89.2 Å². The van der Waals surface area contributed by atoms with Gasteiger partial charge >= 0.3 is 23.9 Å². The van der Waals surface area contributed by atoms with E-state index in [1.165, 1.54) is 0 Å². The number of carbonyl (C=O) groups is 4. The average Bonchev–Trinajstić information content (AvgIpc) is 3.42. The van der Waals surface area contributed by atoms with Gasteiger partial charge in [0.2, 0.25) is 0 Å². The highest BCUT2D eigenvalue weighted by Crippen LogP contribution is 2.26. The predicted molar refractivity (Wildman–Crippen MR) is 312 cm³/mol. The molecule has 77 heavy (non-hydrogen) atoms. The van der Waals surface area contributed by atoms with Crippen LogP contribution in [0.25, 0.3) is 0 Å². The van der Waals surface area contributed by atoms with Crippen molar-refractivity contribution in [3.05, 3.63) is 158 Å². The Kier molecular flexibility index (Phi) is 46.0. The van der Waals surface area contributed by atoms with Gasteiger partial charge in [-0.25, -0.2) is 4.79 Å². The largest absolute Gasteiger partial charge is 0.479 e. The lowest BCUT2D eigenvalue weighted by atomic mass is 9.98. The monoisotopic (exact) mass is 1070 g/mol. The molecule has 1 aliphatic rings. The molecule has 428 valence electrons. The highest BCUT2D eigenvalue weighted by atomic mass is 16.7. The molecule has 3 N–H and O–H groups in total. The first-order valence-electron chi connectivity index (χ1n) is 28.5. The molecule has 1 fully saturated rings. The van der Waals surface area contributed by atoms with Crippen LogP contribution in [0.1, 0.15) is 175 Å². The van der Waals surface area contributed by atoms with Gasteiger partial charge in [-0.2, -0.15) is 0 Å². The highest BCUT2D eigenvalue weighted by molar-refractivity contribution is 5.74. The molecule has 6 atom stereocenters. The number of unbranched alkanes of at least 4 members (excludes halogenated alkanes) is 7. The van der Waals surface area contributed by atoms with Crippen molar-refractivity contribution < 1.29 is 58.2 Å². The summed E-state index contributed by atoms with van der Waals surface area (Å²) in [6.07, 6.45) is 62.7. The van der Waals surface area contributed by atoms with Gasteiger partial charge in [-0.1, -0.05) is 211 Å². The van der Waals surface area contributed by atoms with Crippen LogP contribution in [0, 0.1) is 0 Å². The van der Waals surface area contributed by atoms with Crippen molar-refractivity contribution in [2.24, 2.45) is 0 Å². The number of ether oxygens (including phenoxy) is 5. The molecule has 0 aromatic rings. The number of carbonyl (C=O) groups excluding carboxylic acids is 3. The van der Waals surface area contributed by atoms with Gasteiger partial charge < -0.3 is 39.0 Å². The fraction of sp³-hybridized carbons (Fsp3) is 0.538. The Morgan fingerprint density at radius 2 is 0.818 bits per heavy atom. The molecule has 1 rings (SSSR count). The molecule has 0 amide bonds. The minimum absolute atomic E-state index is 0.0202. The van der Waals surface area contributed by atoms with Crippen LogP contribution in [-0.2, 0) is 42.9 Å². The van der Waals surface area contributed by atoms with Gasteiger partial charge in [0.25, 0.3) is 0 Å². The number of hydrogen-bond acceptors (Lipinski definition) is 11. The number of aliphatic hydroxyl groups is 2. The van der Waals surface area contributed by atoms with Crippen molar-refractivity contribution in [1.29, 1.82) is 0 Å². The van der Waals surface area contributed by atoms with Gasteiger partial charge in [-0.15, -0.1) is 0 Å². The van der Waals surface area contributed by atoms with E-state index in [2.05, 4.69) is 130 Å². The third-order valence-electron chi connectivity index (χ3n) is 11.6. The summed E-state index contributed by atoms with van der Waals surface area (Å²) in [5.41, 5.74) is 0. The van der Waals surface area contributed by atoms with Crippen LogP contribution >= 0.6 is 0 Å². The Bertz CT molecular complexity index is 1940. The fourth-order valence-corrected chi connectivity index (χ4v) is 7.41. The first kappa shape index (κ1) is 69.4. The van der Waals surface area contributed by atoms with Gasteiger partial charge in [0.15, 0.2) is 24.6 Å². The Morgan fingerprint density at radius 3 is 1.25 bits per heavy atom. The molecule has 12 heteroatoms. The molecule has 0 saturated carbocycles. The van der Waals surface area contributed by atoms with Gasteiger partial charge in [0.1, 0.15) is 18.8 Å². The summed E-state index contributed by atoms with van der Waals surface area (Å²) in [7, 11) is 0. The third-order valence-corrected chi connectivity index (χ3v) is 11.6. The summed E-state index contributed by atoms with van der Waals surface area (Å²) in [6, 6.07) is 0. The fourth-order valence-electron chi connectivity index (χ4n) is 7.41.